The van der Waals surface area contributed by atoms with Gasteiger partial charge in [0.15, 0.2) is 0 Å². The number of benzene rings is 1. The highest BCUT2D eigenvalue weighted by molar-refractivity contribution is 7.80. The van der Waals surface area contributed by atoms with Crippen molar-refractivity contribution < 1.29 is 14.3 Å². The minimum Gasteiger partial charge on any atom is -0.435 e. The summed E-state index contributed by atoms with van der Waals surface area (Å²) >= 11 is 9.50. The third-order valence-corrected chi connectivity index (χ3v) is 2.68. The average molecular weight is 288 g/mol. The van der Waals surface area contributed by atoms with Crippen LogP contribution in [0.1, 0.15) is 19.8 Å². The van der Waals surface area contributed by atoms with Gasteiger partial charge in [-0.3, -0.25) is 4.79 Å². The summed E-state index contributed by atoms with van der Waals surface area (Å²) in [6.07, 6.45) is 0.602. The van der Waals surface area contributed by atoms with E-state index in [4.69, 9.17) is 16.3 Å². The van der Waals surface area contributed by atoms with Crippen molar-refractivity contribution >= 4 is 41.4 Å². The first-order valence-corrected chi connectivity index (χ1v) is 6.39. The minimum atomic E-state index is -0.914. The molecule has 1 aromatic rings. The Kier molecular flexibility index (Phi) is 6.01. The zero-order valence-electron chi connectivity index (χ0n) is 9.88. The lowest BCUT2D eigenvalue weighted by atomic mass is 10.3. The molecule has 0 aliphatic carbocycles. The van der Waals surface area contributed by atoms with Gasteiger partial charge >= 0.3 is 11.5 Å². The molecule has 0 heterocycles. The van der Waals surface area contributed by atoms with Gasteiger partial charge in [-0.2, -0.15) is 0 Å². The number of anilines is 1. The molecule has 0 N–H and O–H groups in total. The topological polar surface area (TPSA) is 46.6 Å². The molecular formula is C12H14ClNO3S. The number of hydrogen-bond donors (Lipinski definition) is 1. The maximum Gasteiger partial charge on any atom is 0.423 e. The number of halogens is 1. The summed E-state index contributed by atoms with van der Waals surface area (Å²) in [4.78, 5) is 23.9. The number of para-hydroxylation sites is 1. The van der Waals surface area contributed by atoms with Gasteiger partial charge in [0.05, 0.1) is 5.69 Å². The van der Waals surface area contributed by atoms with Crippen LogP contribution in [0.15, 0.2) is 30.3 Å². The van der Waals surface area contributed by atoms with Crippen molar-refractivity contribution in [3.8, 4) is 0 Å². The summed E-state index contributed by atoms with van der Waals surface area (Å²) in [6.45, 7) is 1.94. The van der Waals surface area contributed by atoms with Crippen molar-refractivity contribution in [1.29, 1.82) is 0 Å². The zero-order chi connectivity index (χ0) is 13.5. The van der Waals surface area contributed by atoms with E-state index in [1.807, 2.05) is 6.92 Å². The third-order valence-electron chi connectivity index (χ3n) is 2.15. The molecule has 6 heteroatoms. The molecule has 0 aromatic heterocycles. The molecule has 0 saturated carbocycles. The third kappa shape index (κ3) is 4.23. The van der Waals surface area contributed by atoms with Gasteiger partial charge in [-0.25, -0.2) is 9.69 Å². The van der Waals surface area contributed by atoms with Crippen LogP contribution in [0.25, 0.3) is 0 Å². The smallest absolute Gasteiger partial charge is 0.423 e. The highest BCUT2D eigenvalue weighted by Gasteiger charge is 2.24. The summed E-state index contributed by atoms with van der Waals surface area (Å²) in [5, 5.41) is -0.914. The number of rotatable bonds is 4. The first-order chi connectivity index (χ1) is 8.56. The van der Waals surface area contributed by atoms with Gasteiger partial charge in [0.2, 0.25) is 0 Å². The van der Waals surface area contributed by atoms with Gasteiger partial charge in [0.25, 0.3) is 0 Å². The number of hydrogen-bond acceptors (Lipinski definition) is 4. The molecule has 2 amide bonds. The number of ether oxygens (including phenoxy) is 1. The molecule has 1 unspecified atom stereocenters. The van der Waals surface area contributed by atoms with Crippen LogP contribution in [0.4, 0.5) is 15.3 Å². The summed E-state index contributed by atoms with van der Waals surface area (Å²) < 4.78 is 5.01. The Balaban J connectivity index is 2.80. The zero-order valence-corrected chi connectivity index (χ0v) is 11.5. The first-order valence-electron chi connectivity index (χ1n) is 5.49. The SMILES string of the molecule is CCCC(S)OC(=O)N(C(=O)Cl)c1ccccc1. The van der Waals surface area contributed by atoms with E-state index in [1.165, 1.54) is 0 Å². The Hall–Kier alpha value is -1.20. The number of thiol groups is 1. The van der Waals surface area contributed by atoms with Crippen molar-refractivity contribution in [2.75, 3.05) is 4.90 Å². The second kappa shape index (κ2) is 7.28. The molecule has 1 atom stereocenters. The highest BCUT2D eigenvalue weighted by atomic mass is 35.5. The molecule has 4 nitrogen and oxygen atoms in total. The van der Waals surface area contributed by atoms with Gasteiger partial charge < -0.3 is 4.74 Å². The van der Waals surface area contributed by atoms with Crippen LogP contribution in [-0.4, -0.2) is 16.9 Å². The molecule has 0 aliphatic rings. The number of carbonyl (C=O) groups excluding carboxylic acids is 2. The van der Waals surface area contributed by atoms with Crippen LogP contribution in [0, 0.1) is 0 Å². The lowest BCUT2D eigenvalue weighted by Crippen LogP contribution is -2.35. The molecular weight excluding hydrogens is 274 g/mol. The number of imide groups is 1. The second-order valence-corrected chi connectivity index (χ2v) is 4.45. The monoisotopic (exact) mass is 287 g/mol. The van der Waals surface area contributed by atoms with E-state index < -0.39 is 16.9 Å². The van der Waals surface area contributed by atoms with E-state index in [-0.39, 0.29) is 0 Å². The standard InChI is InChI=1S/C12H14ClNO3S/c1-2-6-10(18)17-12(16)14(11(13)15)9-7-4-3-5-8-9/h3-5,7-8,10,18H,2,6H2,1H3. The normalized spacial score (nSPS) is 11.7. The Morgan fingerprint density at radius 1 is 1.39 bits per heavy atom. The van der Waals surface area contributed by atoms with Crippen LogP contribution >= 0.6 is 24.2 Å². The lowest BCUT2D eigenvalue weighted by molar-refractivity contribution is 0.141. The fourth-order valence-electron chi connectivity index (χ4n) is 1.33. The lowest BCUT2D eigenvalue weighted by Gasteiger charge is -2.19. The first kappa shape index (κ1) is 14.9. The van der Waals surface area contributed by atoms with Crippen molar-refractivity contribution in [1.82, 2.24) is 0 Å². The van der Waals surface area contributed by atoms with E-state index in [0.29, 0.717) is 12.1 Å². The molecule has 0 fully saturated rings. The van der Waals surface area contributed by atoms with Crippen LogP contribution in [0.5, 0.6) is 0 Å². The van der Waals surface area contributed by atoms with Crippen LogP contribution in [0.2, 0.25) is 0 Å². The van der Waals surface area contributed by atoms with Gasteiger partial charge in [0, 0.05) is 0 Å². The highest BCUT2D eigenvalue weighted by Crippen LogP contribution is 2.18. The summed E-state index contributed by atoms with van der Waals surface area (Å²) in [7, 11) is 0. The van der Waals surface area contributed by atoms with Gasteiger partial charge in [-0.15, -0.1) is 12.6 Å². The van der Waals surface area contributed by atoms with E-state index in [0.717, 1.165) is 11.3 Å². The number of carbonyl (C=O) groups is 2. The van der Waals surface area contributed by atoms with Crippen molar-refractivity contribution in [3.63, 3.8) is 0 Å². The number of amides is 2. The second-order valence-electron chi connectivity index (χ2n) is 3.55. The molecule has 1 aromatic carbocycles. The maximum absolute atomic E-state index is 11.8. The Bertz CT molecular complexity index is 413. The Morgan fingerprint density at radius 3 is 2.50 bits per heavy atom. The van der Waals surface area contributed by atoms with Gasteiger partial charge in [0.1, 0.15) is 5.44 Å². The molecule has 98 valence electrons. The molecule has 0 radical (unpaired) electrons. The average Bonchev–Trinajstić information content (AvgIpc) is 2.30. The number of nitrogens with zero attached hydrogens (tertiary/aromatic N) is 1. The Labute approximate surface area is 116 Å². The van der Waals surface area contributed by atoms with E-state index >= 15 is 0 Å². The van der Waals surface area contributed by atoms with Crippen LogP contribution < -0.4 is 4.90 Å². The van der Waals surface area contributed by atoms with Gasteiger partial charge in [-0.1, -0.05) is 31.5 Å². The maximum atomic E-state index is 11.8. The summed E-state index contributed by atoms with van der Waals surface area (Å²) in [5.74, 6) is 0. The molecule has 0 saturated heterocycles. The fourth-order valence-corrected chi connectivity index (χ4v) is 1.85. The Morgan fingerprint density at radius 2 is 2.00 bits per heavy atom. The van der Waals surface area contributed by atoms with Crippen molar-refractivity contribution in [3.05, 3.63) is 30.3 Å². The fraction of sp³-hybridized carbons (Fsp3) is 0.333. The molecule has 1 rings (SSSR count). The van der Waals surface area contributed by atoms with E-state index in [9.17, 15) is 9.59 Å². The molecule has 0 bridgehead atoms. The van der Waals surface area contributed by atoms with E-state index in [2.05, 4.69) is 12.6 Å². The van der Waals surface area contributed by atoms with Crippen LogP contribution in [-0.2, 0) is 4.74 Å². The quantitative estimate of drug-likeness (QED) is 0.393. The predicted molar refractivity (Wildman–Crippen MR) is 74.3 cm³/mol. The molecule has 0 spiro atoms. The minimum absolute atomic E-state index is 0.361. The van der Waals surface area contributed by atoms with Gasteiger partial charge in [-0.05, 0) is 30.2 Å². The summed E-state index contributed by atoms with van der Waals surface area (Å²) in [6, 6.07) is 8.34. The predicted octanol–water partition coefficient (Wildman–Crippen LogP) is 4.04. The van der Waals surface area contributed by atoms with Crippen molar-refractivity contribution in [2.24, 2.45) is 0 Å². The largest absolute Gasteiger partial charge is 0.435 e. The van der Waals surface area contributed by atoms with Crippen LogP contribution in [0.3, 0.4) is 0 Å². The van der Waals surface area contributed by atoms with E-state index in [1.54, 1.807) is 30.3 Å². The summed E-state index contributed by atoms with van der Waals surface area (Å²) in [5.41, 5.74) is -0.190. The van der Waals surface area contributed by atoms with Crippen molar-refractivity contribution in [2.45, 2.75) is 25.2 Å². The molecule has 0 aliphatic heterocycles. The molecule has 18 heavy (non-hydrogen) atoms.